The number of rotatable bonds is 8. The van der Waals surface area contributed by atoms with Gasteiger partial charge < -0.3 is 14.4 Å². The van der Waals surface area contributed by atoms with E-state index in [4.69, 9.17) is 9.47 Å². The van der Waals surface area contributed by atoms with E-state index in [-0.39, 0.29) is 0 Å². The Labute approximate surface area is 182 Å². The topological polar surface area (TPSA) is 62.2 Å². The average molecular weight is 428 g/mol. The number of benzene rings is 1. The van der Waals surface area contributed by atoms with Crippen molar-refractivity contribution >= 4 is 29.5 Å². The van der Waals surface area contributed by atoms with Gasteiger partial charge in [-0.05, 0) is 12.5 Å². The maximum atomic E-state index is 6.01. The minimum Gasteiger partial charge on any atom is -0.476 e. The molecule has 0 saturated carbocycles. The van der Waals surface area contributed by atoms with Crippen LogP contribution in [-0.4, -0.2) is 73.7 Å². The summed E-state index contributed by atoms with van der Waals surface area (Å²) in [6.45, 7) is 8.12. The molecule has 0 spiro atoms. The molecule has 30 heavy (non-hydrogen) atoms. The molecule has 0 aliphatic carbocycles. The van der Waals surface area contributed by atoms with Gasteiger partial charge in [-0.2, -0.15) is 10.1 Å². The number of hydrogen-bond acceptors (Lipinski definition) is 8. The fourth-order valence-corrected chi connectivity index (χ4v) is 4.43. The van der Waals surface area contributed by atoms with Crippen molar-refractivity contribution in [3.63, 3.8) is 0 Å². The highest BCUT2D eigenvalue weighted by Gasteiger charge is 2.16. The molecular formula is C22H29N5O2S. The number of anilines is 2. The first-order valence-corrected chi connectivity index (χ1v) is 11.6. The summed E-state index contributed by atoms with van der Waals surface area (Å²) >= 11 is 1.94. The predicted octanol–water partition coefficient (Wildman–Crippen LogP) is 3.06. The van der Waals surface area contributed by atoms with Crippen LogP contribution in [0.4, 0.5) is 11.5 Å². The molecule has 1 aromatic heterocycles. The van der Waals surface area contributed by atoms with Crippen LogP contribution in [0.5, 0.6) is 5.88 Å². The third kappa shape index (κ3) is 6.10. The largest absolute Gasteiger partial charge is 0.476 e. The van der Waals surface area contributed by atoms with Crippen molar-refractivity contribution in [1.29, 1.82) is 0 Å². The van der Waals surface area contributed by atoms with Crippen LogP contribution in [0.1, 0.15) is 11.1 Å². The molecule has 7 nitrogen and oxygen atoms in total. The van der Waals surface area contributed by atoms with E-state index in [1.807, 2.05) is 42.2 Å². The quantitative estimate of drug-likeness (QED) is 0.513. The van der Waals surface area contributed by atoms with E-state index < -0.39 is 0 Å². The molecular weight excluding hydrogens is 398 g/mol. The number of morpholine rings is 1. The molecule has 0 radical (unpaired) electrons. The highest BCUT2D eigenvalue weighted by Crippen LogP contribution is 2.28. The Balaban J connectivity index is 1.41. The van der Waals surface area contributed by atoms with E-state index in [1.165, 1.54) is 5.56 Å². The van der Waals surface area contributed by atoms with Crippen LogP contribution in [0.2, 0.25) is 0 Å². The SMILES string of the molecule is Cc1cccc(/C=N/Nc2cc(N3CCSC3)cc(OCCN3CCOCC3)n2)c1. The Morgan fingerprint density at radius 2 is 2.13 bits per heavy atom. The lowest BCUT2D eigenvalue weighted by molar-refractivity contribution is 0.0320. The number of nitrogens with one attached hydrogen (secondary N) is 1. The van der Waals surface area contributed by atoms with Gasteiger partial charge in [0.15, 0.2) is 5.82 Å². The van der Waals surface area contributed by atoms with E-state index in [0.29, 0.717) is 18.3 Å². The molecule has 0 unspecified atom stereocenters. The van der Waals surface area contributed by atoms with Gasteiger partial charge in [0.25, 0.3) is 0 Å². The van der Waals surface area contributed by atoms with Gasteiger partial charge in [-0.15, -0.1) is 11.8 Å². The second-order valence-electron chi connectivity index (χ2n) is 7.44. The molecule has 3 heterocycles. The molecule has 4 rings (SSSR count). The lowest BCUT2D eigenvalue weighted by atomic mass is 10.2. The summed E-state index contributed by atoms with van der Waals surface area (Å²) in [6.07, 6.45) is 1.81. The predicted molar refractivity (Wildman–Crippen MR) is 124 cm³/mol. The van der Waals surface area contributed by atoms with E-state index in [2.05, 4.69) is 44.4 Å². The number of hydrazone groups is 1. The molecule has 0 atom stereocenters. The first-order valence-electron chi connectivity index (χ1n) is 10.4. The van der Waals surface area contributed by atoms with Crippen molar-refractivity contribution in [3.05, 3.63) is 47.5 Å². The minimum absolute atomic E-state index is 0.608. The minimum atomic E-state index is 0.608. The molecule has 2 aromatic rings. The molecule has 8 heteroatoms. The lowest BCUT2D eigenvalue weighted by Crippen LogP contribution is -2.38. The number of thioether (sulfide) groups is 1. The van der Waals surface area contributed by atoms with Crippen molar-refractivity contribution in [2.45, 2.75) is 6.92 Å². The maximum Gasteiger partial charge on any atom is 0.217 e. The van der Waals surface area contributed by atoms with Crippen LogP contribution >= 0.6 is 11.8 Å². The Hall–Kier alpha value is -2.29. The zero-order chi connectivity index (χ0) is 20.6. The Kier molecular flexibility index (Phi) is 7.44. The third-order valence-corrected chi connectivity index (χ3v) is 6.07. The molecule has 0 amide bonds. The van der Waals surface area contributed by atoms with Crippen molar-refractivity contribution in [1.82, 2.24) is 9.88 Å². The van der Waals surface area contributed by atoms with Gasteiger partial charge in [-0.25, -0.2) is 0 Å². The highest BCUT2D eigenvalue weighted by molar-refractivity contribution is 7.99. The normalized spacial score (nSPS) is 17.6. The summed E-state index contributed by atoms with van der Waals surface area (Å²) < 4.78 is 11.4. The van der Waals surface area contributed by atoms with E-state index in [1.54, 1.807) is 0 Å². The Morgan fingerprint density at radius 3 is 2.93 bits per heavy atom. The summed E-state index contributed by atoms with van der Waals surface area (Å²) in [5, 5.41) is 4.38. The van der Waals surface area contributed by atoms with E-state index >= 15 is 0 Å². The molecule has 1 N–H and O–H groups in total. The number of aryl methyl sites for hydroxylation is 1. The summed E-state index contributed by atoms with van der Waals surface area (Å²) in [7, 11) is 0. The van der Waals surface area contributed by atoms with Crippen molar-refractivity contribution < 1.29 is 9.47 Å². The fraction of sp³-hybridized carbons (Fsp3) is 0.455. The maximum absolute atomic E-state index is 6.01. The van der Waals surface area contributed by atoms with Gasteiger partial charge in [0, 0.05) is 49.8 Å². The molecule has 2 fully saturated rings. The van der Waals surface area contributed by atoms with Crippen molar-refractivity contribution in [2.75, 3.05) is 68.0 Å². The van der Waals surface area contributed by atoms with Gasteiger partial charge >= 0.3 is 0 Å². The summed E-state index contributed by atoms with van der Waals surface area (Å²) in [6, 6.07) is 12.3. The van der Waals surface area contributed by atoms with Crippen LogP contribution in [0, 0.1) is 6.92 Å². The van der Waals surface area contributed by atoms with Crippen LogP contribution in [-0.2, 0) is 4.74 Å². The first-order chi connectivity index (χ1) is 14.8. The highest BCUT2D eigenvalue weighted by atomic mass is 32.2. The molecule has 160 valence electrons. The molecule has 1 aromatic carbocycles. The van der Waals surface area contributed by atoms with Gasteiger partial charge in [0.05, 0.1) is 25.3 Å². The number of hydrogen-bond donors (Lipinski definition) is 1. The third-order valence-electron chi connectivity index (χ3n) is 5.10. The second-order valence-corrected chi connectivity index (χ2v) is 8.51. The van der Waals surface area contributed by atoms with Crippen LogP contribution in [0.25, 0.3) is 0 Å². The van der Waals surface area contributed by atoms with E-state index in [0.717, 1.165) is 62.3 Å². The average Bonchev–Trinajstić information content (AvgIpc) is 3.30. The van der Waals surface area contributed by atoms with Crippen LogP contribution < -0.4 is 15.1 Å². The number of ether oxygens (including phenoxy) is 2. The zero-order valence-corrected chi connectivity index (χ0v) is 18.2. The van der Waals surface area contributed by atoms with Gasteiger partial charge in [0.1, 0.15) is 6.61 Å². The van der Waals surface area contributed by atoms with Crippen LogP contribution in [0.3, 0.4) is 0 Å². The summed E-state index contributed by atoms with van der Waals surface area (Å²) in [5.74, 6) is 3.45. The second kappa shape index (κ2) is 10.7. The summed E-state index contributed by atoms with van der Waals surface area (Å²) in [5.41, 5.74) is 6.45. The van der Waals surface area contributed by atoms with Crippen molar-refractivity contribution in [3.8, 4) is 5.88 Å². The first kappa shape index (κ1) is 21.0. The monoisotopic (exact) mass is 427 g/mol. The Bertz CT molecular complexity index is 851. The number of nitrogens with zero attached hydrogens (tertiary/aromatic N) is 4. The van der Waals surface area contributed by atoms with Crippen LogP contribution in [0.15, 0.2) is 41.5 Å². The van der Waals surface area contributed by atoms with Gasteiger partial charge in [0.2, 0.25) is 5.88 Å². The zero-order valence-electron chi connectivity index (χ0n) is 17.4. The molecule has 2 aliphatic rings. The van der Waals surface area contributed by atoms with Gasteiger partial charge in [-0.3, -0.25) is 10.3 Å². The lowest BCUT2D eigenvalue weighted by Gasteiger charge is -2.26. The summed E-state index contributed by atoms with van der Waals surface area (Å²) in [4.78, 5) is 9.31. The van der Waals surface area contributed by atoms with Gasteiger partial charge in [-0.1, -0.05) is 29.8 Å². The molecule has 2 saturated heterocycles. The molecule has 2 aliphatic heterocycles. The standard InChI is InChI=1S/C22H29N5O2S/c1-18-3-2-4-19(13-18)16-23-25-21-14-20(27-8-12-30-17-27)15-22(24-21)29-11-7-26-5-9-28-10-6-26/h2-4,13-16H,5-12,17H2,1H3,(H,24,25)/b23-16+. The van der Waals surface area contributed by atoms with Crippen molar-refractivity contribution in [2.24, 2.45) is 5.10 Å². The Morgan fingerprint density at radius 1 is 1.23 bits per heavy atom. The van der Waals surface area contributed by atoms with E-state index in [9.17, 15) is 0 Å². The molecule has 0 bridgehead atoms. The fourth-order valence-electron chi connectivity index (χ4n) is 3.45. The number of pyridine rings is 1. The number of aromatic nitrogens is 1. The smallest absolute Gasteiger partial charge is 0.217 e.